The molecule has 312 valence electrons. The lowest BCUT2D eigenvalue weighted by Crippen LogP contribution is -2.59. The highest BCUT2D eigenvalue weighted by molar-refractivity contribution is 7.91. The maximum Gasteiger partial charge on any atom is 0.408 e. The molecular weight excluding hydrogens is 767 g/mol. The Morgan fingerprint density at radius 1 is 0.983 bits per heavy atom. The van der Waals surface area contributed by atoms with Crippen LogP contribution in [-0.4, -0.2) is 96.5 Å². The van der Waals surface area contributed by atoms with Gasteiger partial charge in [0.25, 0.3) is 5.91 Å². The first-order chi connectivity index (χ1) is 27.7. The van der Waals surface area contributed by atoms with Gasteiger partial charge in [-0.3, -0.25) is 19.1 Å². The minimum Gasteiger partial charge on any atom is -0.486 e. The average Bonchev–Trinajstić information content (AvgIpc) is 4.15. The number of nitrogens with one attached hydrogen (secondary N) is 3. The Kier molecular flexibility index (Phi) is 9.79. The maximum atomic E-state index is 14.9. The number of nitrogens with zero attached hydrogens (tertiary/aromatic N) is 2. The zero-order chi connectivity index (χ0) is 40.6. The molecule has 9 rings (SSSR count). The number of sulfonamides is 1. The number of hydrogen-bond donors (Lipinski definition) is 3. The molecule has 2 aromatic rings. The standard InChI is InChI=1S/C42H53N5O10S/c1-23-6-4-5-7-27-21-42(27,39(50)46-58(52,53)41(3)11-12-41)45-36(48)32-20-29(56-37-31-8-9-33-35(55-15-14-54-33)30(31)10-13-43-37)22-47(32)38(49)34(24(2)16-23)44-40(51)57-28-18-25-17-26(25)19-28/h5,7-10,13,23-29,32,34H,4,6,11-12,14-22H2,1-3H3,(H,44,51)(H,45,48)(H,46,50)/b7-5-/t23-,24+,25-,26+,27?,28+,29+,32-,34-,42+/m0/s1. The summed E-state index contributed by atoms with van der Waals surface area (Å²) in [6, 6.07) is 3.30. The number of hydrogen-bond acceptors (Lipinski definition) is 11. The monoisotopic (exact) mass is 819 g/mol. The summed E-state index contributed by atoms with van der Waals surface area (Å²) >= 11 is 0. The van der Waals surface area contributed by atoms with Gasteiger partial charge in [-0.25, -0.2) is 18.2 Å². The van der Waals surface area contributed by atoms with E-state index in [-0.39, 0.29) is 43.2 Å². The van der Waals surface area contributed by atoms with E-state index in [4.69, 9.17) is 18.9 Å². The molecule has 5 fully saturated rings. The van der Waals surface area contributed by atoms with E-state index in [1.807, 2.05) is 31.2 Å². The number of allylic oxidation sites excluding steroid dienone is 1. The fourth-order valence-electron chi connectivity index (χ4n) is 9.65. The third-order valence-corrected chi connectivity index (χ3v) is 15.8. The largest absolute Gasteiger partial charge is 0.486 e. The number of carbonyl (C=O) groups excluding carboxylic acids is 4. The summed E-state index contributed by atoms with van der Waals surface area (Å²) in [5, 5.41) is 7.25. The van der Waals surface area contributed by atoms with Crippen molar-refractivity contribution in [3.05, 3.63) is 36.5 Å². The van der Waals surface area contributed by atoms with Gasteiger partial charge >= 0.3 is 6.09 Å². The highest BCUT2D eigenvalue weighted by Crippen LogP contribution is 2.53. The van der Waals surface area contributed by atoms with Crippen LogP contribution in [0.25, 0.3) is 10.8 Å². The van der Waals surface area contributed by atoms with Crippen LogP contribution in [0, 0.1) is 29.6 Å². The molecule has 4 saturated carbocycles. The molecule has 0 bridgehead atoms. The van der Waals surface area contributed by atoms with Crippen molar-refractivity contribution in [1.29, 1.82) is 0 Å². The molecule has 15 nitrogen and oxygen atoms in total. The van der Waals surface area contributed by atoms with Gasteiger partial charge < -0.3 is 34.5 Å². The summed E-state index contributed by atoms with van der Waals surface area (Å²) in [5.74, 6) is 0.200. The van der Waals surface area contributed by atoms with E-state index in [1.54, 1.807) is 19.2 Å². The summed E-state index contributed by atoms with van der Waals surface area (Å²) < 4.78 is 51.8. The van der Waals surface area contributed by atoms with Gasteiger partial charge in [-0.1, -0.05) is 26.0 Å². The molecule has 1 aromatic carbocycles. The second kappa shape index (κ2) is 14.6. The predicted molar refractivity (Wildman–Crippen MR) is 210 cm³/mol. The van der Waals surface area contributed by atoms with E-state index in [9.17, 15) is 27.6 Å². The van der Waals surface area contributed by atoms with E-state index in [0.717, 1.165) is 24.6 Å². The first-order valence-electron chi connectivity index (χ1n) is 20.9. The van der Waals surface area contributed by atoms with E-state index in [0.29, 0.717) is 67.6 Å². The van der Waals surface area contributed by atoms with Crippen LogP contribution in [0.2, 0.25) is 0 Å². The molecule has 1 unspecified atom stereocenters. The molecule has 4 heterocycles. The Morgan fingerprint density at radius 3 is 2.53 bits per heavy atom. The summed E-state index contributed by atoms with van der Waals surface area (Å²) in [4.78, 5) is 63.0. The van der Waals surface area contributed by atoms with Gasteiger partial charge in [-0.2, -0.15) is 0 Å². The van der Waals surface area contributed by atoms with Crippen LogP contribution >= 0.6 is 0 Å². The third kappa shape index (κ3) is 7.34. The summed E-state index contributed by atoms with van der Waals surface area (Å²) in [6.45, 7) is 6.44. The zero-order valence-electron chi connectivity index (χ0n) is 33.2. The summed E-state index contributed by atoms with van der Waals surface area (Å²) in [7, 11) is -4.00. The molecule has 1 aromatic heterocycles. The van der Waals surface area contributed by atoms with Crippen molar-refractivity contribution in [1.82, 2.24) is 25.2 Å². The van der Waals surface area contributed by atoms with Gasteiger partial charge in [0.1, 0.15) is 43.0 Å². The number of amides is 4. The van der Waals surface area contributed by atoms with Gasteiger partial charge in [0, 0.05) is 29.3 Å². The minimum atomic E-state index is -4.00. The van der Waals surface area contributed by atoms with Crippen LogP contribution in [-0.2, 0) is 29.1 Å². The first kappa shape index (κ1) is 38.9. The van der Waals surface area contributed by atoms with Crippen LogP contribution in [0.4, 0.5) is 4.79 Å². The molecule has 7 aliphatic rings. The number of aromatic nitrogens is 1. The number of alkyl carbamates (subject to hydrolysis) is 1. The van der Waals surface area contributed by atoms with Crippen LogP contribution in [0.1, 0.15) is 85.0 Å². The van der Waals surface area contributed by atoms with Crippen molar-refractivity contribution in [2.45, 2.75) is 120 Å². The van der Waals surface area contributed by atoms with Crippen molar-refractivity contribution in [2.24, 2.45) is 29.6 Å². The van der Waals surface area contributed by atoms with Crippen molar-refractivity contribution >= 4 is 44.6 Å². The van der Waals surface area contributed by atoms with E-state index in [2.05, 4.69) is 27.3 Å². The average molecular weight is 820 g/mol. The number of ether oxygens (including phenoxy) is 4. The van der Waals surface area contributed by atoms with Crippen LogP contribution < -0.4 is 29.6 Å². The number of carbonyl (C=O) groups is 4. The Balaban J connectivity index is 1.02. The van der Waals surface area contributed by atoms with Crippen LogP contribution in [0.5, 0.6) is 17.4 Å². The Bertz CT molecular complexity index is 2150. The molecule has 16 heteroatoms. The van der Waals surface area contributed by atoms with E-state index >= 15 is 0 Å². The second-order valence-corrected chi connectivity index (χ2v) is 20.3. The highest BCUT2D eigenvalue weighted by atomic mass is 32.2. The lowest BCUT2D eigenvalue weighted by molar-refractivity contribution is -0.142. The Morgan fingerprint density at radius 2 is 1.76 bits per heavy atom. The number of fused-ring (bicyclic) bond motifs is 6. The van der Waals surface area contributed by atoms with E-state index < -0.39 is 68.2 Å². The van der Waals surface area contributed by atoms with Gasteiger partial charge in [0.05, 0.1) is 11.3 Å². The van der Waals surface area contributed by atoms with Crippen molar-refractivity contribution in [3.8, 4) is 17.4 Å². The molecule has 4 aliphatic carbocycles. The van der Waals surface area contributed by atoms with Crippen LogP contribution in [0.15, 0.2) is 36.5 Å². The Labute approximate surface area is 338 Å². The smallest absolute Gasteiger partial charge is 0.408 e. The molecular formula is C42H53N5O10S. The molecule has 3 aliphatic heterocycles. The fraction of sp³-hybridized carbons (Fsp3) is 0.643. The first-order valence-corrected chi connectivity index (χ1v) is 22.4. The molecule has 58 heavy (non-hydrogen) atoms. The quantitative estimate of drug-likeness (QED) is 0.341. The van der Waals surface area contributed by atoms with Gasteiger partial charge in [-0.15, -0.1) is 0 Å². The molecule has 0 spiro atoms. The molecule has 10 atom stereocenters. The van der Waals surface area contributed by atoms with Crippen molar-refractivity contribution in [2.75, 3.05) is 19.8 Å². The normalized spacial score (nSPS) is 35.5. The molecule has 3 N–H and O–H groups in total. The fourth-order valence-corrected chi connectivity index (χ4v) is 11.0. The lowest BCUT2D eigenvalue weighted by Gasteiger charge is -2.33. The molecule has 1 saturated heterocycles. The highest BCUT2D eigenvalue weighted by Gasteiger charge is 2.63. The number of benzene rings is 1. The van der Waals surface area contributed by atoms with Gasteiger partial charge in [0.15, 0.2) is 11.5 Å². The second-order valence-electron chi connectivity index (χ2n) is 18.1. The maximum absolute atomic E-state index is 14.9. The van der Waals surface area contributed by atoms with Crippen LogP contribution in [0.3, 0.4) is 0 Å². The topological polar surface area (TPSA) is 192 Å². The lowest BCUT2D eigenvalue weighted by atomic mass is 9.88. The van der Waals surface area contributed by atoms with Crippen molar-refractivity contribution in [3.63, 3.8) is 0 Å². The molecule has 4 amide bonds. The number of rotatable bonds is 7. The third-order valence-electron chi connectivity index (χ3n) is 13.7. The Hall–Kier alpha value is -4.60. The molecule has 0 radical (unpaired) electrons. The van der Waals surface area contributed by atoms with Gasteiger partial charge in [-0.05, 0) is 107 Å². The predicted octanol–water partition coefficient (Wildman–Crippen LogP) is 4.13. The van der Waals surface area contributed by atoms with Crippen molar-refractivity contribution < 1.29 is 46.5 Å². The van der Waals surface area contributed by atoms with Gasteiger partial charge in [0.2, 0.25) is 27.7 Å². The zero-order valence-corrected chi connectivity index (χ0v) is 34.1. The number of pyridine rings is 1. The van der Waals surface area contributed by atoms with E-state index in [1.165, 1.54) is 11.3 Å². The summed E-state index contributed by atoms with van der Waals surface area (Å²) in [5.41, 5.74) is -1.53. The SMILES string of the molecule is C[C@H]1CC/C=C\C2C[C@@]2(C(=O)NS(=O)(=O)C2(C)CC2)NC(=O)[C@@H]2C[C@@H](Oc3nccc4c5c(ccc34)OCCO5)CN2C(=O)[C@@H](NC(=O)O[C@@H]2C[C@@H]3C[C@@H]3C2)[C@H](C)C1. The minimum absolute atomic E-state index is 0.0176. The summed E-state index contributed by atoms with van der Waals surface area (Å²) in [6.07, 6.45) is 9.92.